The number of rotatable bonds is 7. The molecule has 0 bridgehead atoms. The summed E-state index contributed by atoms with van der Waals surface area (Å²) >= 11 is 0. The molecular weight excluding hydrogens is 400 g/mol. The Hall–Kier alpha value is -3.00. The number of amides is 1. The van der Waals surface area contributed by atoms with Crippen LogP contribution in [-0.2, 0) is 14.9 Å². The van der Waals surface area contributed by atoms with Gasteiger partial charge in [-0.2, -0.15) is 0 Å². The standard InChI is InChI=1S/C23H24N2O4S/c1-17-12-14-19(15-13-17)22(18-8-5-4-6-9-18)24-23(26)20-10-7-11-21(16-20)30(27,28)25(2)29-3/h4-16,22H,1-3H3,(H,24,26). The maximum absolute atomic E-state index is 13.0. The van der Waals surface area contributed by atoms with Crippen LogP contribution in [0.2, 0.25) is 0 Å². The molecule has 0 aliphatic heterocycles. The molecule has 3 aromatic carbocycles. The summed E-state index contributed by atoms with van der Waals surface area (Å²) in [5.74, 6) is -0.374. The molecule has 0 spiro atoms. The maximum Gasteiger partial charge on any atom is 0.264 e. The third-order valence-electron chi connectivity index (χ3n) is 4.81. The minimum atomic E-state index is -3.85. The van der Waals surface area contributed by atoms with Gasteiger partial charge in [-0.3, -0.25) is 9.63 Å². The minimum absolute atomic E-state index is 0.0221. The van der Waals surface area contributed by atoms with Crippen LogP contribution in [0.25, 0.3) is 0 Å². The Kier molecular flexibility index (Phi) is 6.66. The average molecular weight is 425 g/mol. The Morgan fingerprint density at radius 1 is 0.933 bits per heavy atom. The molecule has 156 valence electrons. The van der Waals surface area contributed by atoms with Crippen LogP contribution < -0.4 is 5.32 Å². The first kappa shape index (κ1) is 21.7. The van der Waals surface area contributed by atoms with Gasteiger partial charge in [0.1, 0.15) is 0 Å². The highest BCUT2D eigenvalue weighted by molar-refractivity contribution is 7.89. The second kappa shape index (κ2) is 9.21. The Balaban J connectivity index is 1.93. The van der Waals surface area contributed by atoms with E-state index in [0.29, 0.717) is 0 Å². The predicted octanol–water partition coefficient (Wildman–Crippen LogP) is 3.70. The normalized spacial score (nSPS) is 12.5. The number of carbonyl (C=O) groups is 1. The third kappa shape index (κ3) is 4.76. The summed E-state index contributed by atoms with van der Waals surface area (Å²) < 4.78 is 25.8. The van der Waals surface area contributed by atoms with Gasteiger partial charge in [-0.05, 0) is 36.2 Å². The van der Waals surface area contributed by atoms with Gasteiger partial charge in [-0.25, -0.2) is 8.42 Å². The molecule has 0 fully saturated rings. The molecule has 6 nitrogen and oxygen atoms in total. The summed E-state index contributed by atoms with van der Waals surface area (Å²) in [5, 5.41) is 3.03. The SMILES string of the molecule is CON(C)S(=O)(=O)c1cccc(C(=O)NC(c2ccccc2)c2ccc(C)cc2)c1. The molecule has 1 amide bonds. The summed E-state index contributed by atoms with van der Waals surface area (Å²) in [6.45, 7) is 2.00. The number of carbonyl (C=O) groups excluding carboxylic acids is 1. The monoisotopic (exact) mass is 424 g/mol. The Bertz CT molecular complexity index is 1110. The molecule has 0 saturated carbocycles. The molecule has 0 heterocycles. The quantitative estimate of drug-likeness (QED) is 0.587. The van der Waals surface area contributed by atoms with Gasteiger partial charge in [0.2, 0.25) is 0 Å². The van der Waals surface area contributed by atoms with Crippen LogP contribution in [0.5, 0.6) is 0 Å². The van der Waals surface area contributed by atoms with Gasteiger partial charge >= 0.3 is 0 Å². The Morgan fingerprint density at radius 3 is 2.20 bits per heavy atom. The van der Waals surface area contributed by atoms with E-state index in [1.807, 2.05) is 61.5 Å². The van der Waals surface area contributed by atoms with Crippen molar-refractivity contribution in [2.75, 3.05) is 14.2 Å². The highest BCUT2D eigenvalue weighted by atomic mass is 32.2. The largest absolute Gasteiger partial charge is 0.341 e. The van der Waals surface area contributed by atoms with Crippen molar-refractivity contribution in [2.24, 2.45) is 0 Å². The van der Waals surface area contributed by atoms with E-state index >= 15 is 0 Å². The number of aryl methyl sites for hydroxylation is 1. The van der Waals surface area contributed by atoms with E-state index in [4.69, 9.17) is 4.84 Å². The molecule has 30 heavy (non-hydrogen) atoms. The fourth-order valence-electron chi connectivity index (χ4n) is 3.02. The van der Waals surface area contributed by atoms with Crippen molar-refractivity contribution in [1.29, 1.82) is 0 Å². The van der Waals surface area contributed by atoms with Crippen LogP contribution in [0.15, 0.2) is 83.8 Å². The van der Waals surface area contributed by atoms with Gasteiger partial charge in [-0.1, -0.05) is 70.7 Å². The van der Waals surface area contributed by atoms with Gasteiger partial charge < -0.3 is 5.32 Å². The first-order valence-electron chi connectivity index (χ1n) is 9.38. The molecule has 3 rings (SSSR count). The first-order chi connectivity index (χ1) is 14.3. The van der Waals surface area contributed by atoms with Gasteiger partial charge in [-0.15, -0.1) is 0 Å². The Labute approximate surface area is 177 Å². The van der Waals surface area contributed by atoms with E-state index in [-0.39, 0.29) is 22.4 Å². The van der Waals surface area contributed by atoms with E-state index in [1.165, 1.54) is 32.4 Å². The summed E-state index contributed by atoms with van der Waals surface area (Å²) in [7, 11) is -1.29. The van der Waals surface area contributed by atoms with Crippen LogP contribution in [0.3, 0.4) is 0 Å². The fourth-order valence-corrected chi connectivity index (χ4v) is 4.04. The highest BCUT2D eigenvalue weighted by Gasteiger charge is 2.23. The molecule has 3 aromatic rings. The molecule has 0 aliphatic rings. The number of hydrogen-bond donors (Lipinski definition) is 1. The Morgan fingerprint density at radius 2 is 1.57 bits per heavy atom. The molecule has 1 N–H and O–H groups in total. The number of nitrogens with zero attached hydrogens (tertiary/aromatic N) is 1. The maximum atomic E-state index is 13.0. The molecule has 1 atom stereocenters. The second-order valence-electron chi connectivity index (χ2n) is 6.85. The molecule has 0 saturated heterocycles. The fraction of sp³-hybridized carbons (Fsp3) is 0.174. The number of sulfonamides is 1. The topological polar surface area (TPSA) is 75.7 Å². The molecular formula is C23H24N2O4S. The molecule has 7 heteroatoms. The van der Waals surface area contributed by atoms with Crippen LogP contribution in [-0.4, -0.2) is 33.0 Å². The zero-order valence-corrected chi connectivity index (χ0v) is 17.9. The zero-order valence-electron chi connectivity index (χ0n) is 17.1. The van der Waals surface area contributed by atoms with Crippen molar-refractivity contribution in [3.05, 3.63) is 101 Å². The lowest BCUT2D eigenvalue weighted by atomic mass is 9.97. The number of nitrogens with one attached hydrogen (secondary N) is 1. The first-order valence-corrected chi connectivity index (χ1v) is 10.8. The second-order valence-corrected chi connectivity index (χ2v) is 8.79. The molecule has 0 radical (unpaired) electrons. The van der Waals surface area contributed by atoms with E-state index in [0.717, 1.165) is 21.2 Å². The van der Waals surface area contributed by atoms with Crippen molar-refractivity contribution in [2.45, 2.75) is 17.9 Å². The van der Waals surface area contributed by atoms with Gasteiger partial charge in [0, 0.05) is 12.6 Å². The lowest BCUT2D eigenvalue weighted by molar-refractivity contribution is -0.0258. The highest BCUT2D eigenvalue weighted by Crippen LogP contribution is 2.24. The lowest BCUT2D eigenvalue weighted by Gasteiger charge is -2.20. The van der Waals surface area contributed by atoms with Crippen molar-refractivity contribution < 1.29 is 18.0 Å². The summed E-state index contributed by atoms with van der Waals surface area (Å²) in [6, 6.07) is 23.1. The van der Waals surface area contributed by atoms with Crippen molar-refractivity contribution >= 4 is 15.9 Å². The van der Waals surface area contributed by atoms with Gasteiger partial charge in [0.25, 0.3) is 15.9 Å². The van der Waals surface area contributed by atoms with E-state index in [9.17, 15) is 13.2 Å². The van der Waals surface area contributed by atoms with E-state index < -0.39 is 10.0 Å². The lowest BCUT2D eigenvalue weighted by Crippen LogP contribution is -2.30. The van der Waals surface area contributed by atoms with E-state index in [2.05, 4.69) is 5.32 Å². The molecule has 0 aromatic heterocycles. The molecule has 0 aliphatic carbocycles. The molecule has 1 unspecified atom stereocenters. The average Bonchev–Trinajstić information content (AvgIpc) is 2.78. The summed E-state index contributed by atoms with van der Waals surface area (Å²) in [4.78, 5) is 17.8. The van der Waals surface area contributed by atoms with Gasteiger partial charge in [0.05, 0.1) is 18.0 Å². The summed E-state index contributed by atoms with van der Waals surface area (Å²) in [5.41, 5.74) is 3.23. The van der Waals surface area contributed by atoms with E-state index in [1.54, 1.807) is 6.07 Å². The van der Waals surface area contributed by atoms with Crippen molar-refractivity contribution in [3.8, 4) is 0 Å². The van der Waals surface area contributed by atoms with Crippen LogP contribution in [0, 0.1) is 6.92 Å². The van der Waals surface area contributed by atoms with Gasteiger partial charge in [0.15, 0.2) is 0 Å². The van der Waals surface area contributed by atoms with Crippen molar-refractivity contribution in [3.63, 3.8) is 0 Å². The zero-order chi connectivity index (χ0) is 21.7. The minimum Gasteiger partial charge on any atom is -0.341 e. The van der Waals surface area contributed by atoms with Crippen molar-refractivity contribution in [1.82, 2.24) is 9.79 Å². The number of hydrogen-bond acceptors (Lipinski definition) is 4. The summed E-state index contributed by atoms with van der Waals surface area (Å²) in [6.07, 6.45) is 0. The third-order valence-corrected chi connectivity index (χ3v) is 6.48. The number of hydroxylamine groups is 1. The van der Waals surface area contributed by atoms with Crippen LogP contribution in [0.4, 0.5) is 0 Å². The van der Waals surface area contributed by atoms with Crippen LogP contribution in [0.1, 0.15) is 33.1 Å². The smallest absolute Gasteiger partial charge is 0.264 e. The predicted molar refractivity (Wildman–Crippen MR) is 115 cm³/mol. The number of benzene rings is 3. The van der Waals surface area contributed by atoms with Crippen LogP contribution >= 0.6 is 0 Å².